The fraction of sp³-hybridized carbons (Fsp3) is 0.550. The molecule has 2 rings (SSSR count). The maximum atomic E-state index is 11.5. The van der Waals surface area contributed by atoms with Gasteiger partial charge in [0, 0.05) is 12.8 Å². The van der Waals surface area contributed by atoms with Crippen LogP contribution in [0.25, 0.3) is 0 Å². The summed E-state index contributed by atoms with van der Waals surface area (Å²) in [6, 6.07) is 10.6. The van der Waals surface area contributed by atoms with Gasteiger partial charge in [-0.05, 0) is 56.9 Å². The number of Topliss-reactive ketones (excluding diaryl/α,β-unsaturated/α-hetero) is 1. The predicted octanol–water partition coefficient (Wildman–Crippen LogP) is 4.47. The average Bonchev–Trinajstić information content (AvgIpc) is 2.52. The van der Waals surface area contributed by atoms with E-state index in [0.29, 0.717) is 18.6 Å². The van der Waals surface area contributed by atoms with E-state index in [1.807, 2.05) is 12.1 Å². The van der Waals surface area contributed by atoms with Crippen LogP contribution in [0, 0.1) is 5.92 Å². The molecule has 0 amide bonds. The fourth-order valence-electron chi connectivity index (χ4n) is 3.24. The van der Waals surface area contributed by atoms with Crippen LogP contribution in [0.15, 0.2) is 42.0 Å². The van der Waals surface area contributed by atoms with Gasteiger partial charge in [0.2, 0.25) is 0 Å². The van der Waals surface area contributed by atoms with E-state index in [2.05, 4.69) is 31.2 Å². The zero-order chi connectivity index (χ0) is 15.8. The summed E-state index contributed by atoms with van der Waals surface area (Å²) in [6.07, 6.45) is 9.17. The van der Waals surface area contributed by atoms with Crippen LogP contribution in [-0.2, 0) is 11.2 Å². The minimum Gasteiger partial charge on any atom is -0.389 e. The molecule has 1 aromatic carbocycles. The van der Waals surface area contributed by atoms with Gasteiger partial charge in [0.25, 0.3) is 0 Å². The summed E-state index contributed by atoms with van der Waals surface area (Å²) >= 11 is 0. The lowest BCUT2D eigenvalue weighted by Gasteiger charge is -2.24. The normalized spacial score (nSPS) is 20.9. The SMILES string of the molecule is C/C(=C\[C@@H](O)[C@H]1CCCC(=O)C1)CCCCc1ccccc1. The summed E-state index contributed by atoms with van der Waals surface area (Å²) in [6.45, 7) is 2.09. The fourth-order valence-corrected chi connectivity index (χ4v) is 3.24. The van der Waals surface area contributed by atoms with Gasteiger partial charge in [0.05, 0.1) is 6.10 Å². The van der Waals surface area contributed by atoms with Gasteiger partial charge in [-0.3, -0.25) is 4.79 Å². The highest BCUT2D eigenvalue weighted by atomic mass is 16.3. The first-order chi connectivity index (χ1) is 10.6. The van der Waals surface area contributed by atoms with E-state index in [0.717, 1.165) is 32.1 Å². The Bertz CT molecular complexity index is 490. The highest BCUT2D eigenvalue weighted by molar-refractivity contribution is 5.79. The maximum absolute atomic E-state index is 11.5. The lowest BCUT2D eigenvalue weighted by atomic mass is 9.84. The number of ketones is 1. The number of allylic oxidation sites excluding steroid dienone is 1. The number of rotatable bonds is 7. The molecule has 0 aromatic heterocycles. The topological polar surface area (TPSA) is 37.3 Å². The summed E-state index contributed by atoms with van der Waals surface area (Å²) in [7, 11) is 0. The Hall–Kier alpha value is -1.41. The number of aryl methyl sites for hydroxylation is 1. The standard InChI is InChI=1S/C20H28O2/c1-16(8-5-6-11-17-9-3-2-4-10-17)14-20(22)18-12-7-13-19(21)15-18/h2-4,9-10,14,18,20,22H,5-8,11-13,15H2,1H3/b16-14+/t18-,20+/m0/s1. The van der Waals surface area contributed by atoms with Crippen LogP contribution >= 0.6 is 0 Å². The molecule has 120 valence electrons. The second kappa shape index (κ2) is 8.89. The van der Waals surface area contributed by atoms with Gasteiger partial charge in [-0.2, -0.15) is 0 Å². The maximum Gasteiger partial charge on any atom is 0.133 e. The van der Waals surface area contributed by atoms with Gasteiger partial charge in [-0.15, -0.1) is 0 Å². The number of benzene rings is 1. The second-order valence-electron chi connectivity index (χ2n) is 6.59. The molecule has 1 fully saturated rings. The highest BCUT2D eigenvalue weighted by Gasteiger charge is 2.24. The van der Waals surface area contributed by atoms with Crippen LogP contribution in [0.1, 0.15) is 57.4 Å². The average molecular weight is 300 g/mol. The molecule has 1 aliphatic rings. The Morgan fingerprint density at radius 2 is 2.09 bits per heavy atom. The van der Waals surface area contributed by atoms with Gasteiger partial charge in [-0.1, -0.05) is 42.0 Å². The minimum atomic E-state index is -0.446. The van der Waals surface area contributed by atoms with Crippen molar-refractivity contribution < 1.29 is 9.90 Å². The molecule has 2 nitrogen and oxygen atoms in total. The summed E-state index contributed by atoms with van der Waals surface area (Å²) in [5, 5.41) is 10.3. The number of hydrogen-bond acceptors (Lipinski definition) is 2. The highest BCUT2D eigenvalue weighted by Crippen LogP contribution is 2.26. The summed E-state index contributed by atoms with van der Waals surface area (Å²) in [5.74, 6) is 0.449. The third-order valence-corrected chi connectivity index (χ3v) is 4.59. The first kappa shape index (κ1) is 17.0. The summed E-state index contributed by atoms with van der Waals surface area (Å²) in [5.41, 5.74) is 2.64. The number of aliphatic hydroxyl groups excluding tert-OH is 1. The number of carbonyl (C=O) groups is 1. The van der Waals surface area contributed by atoms with Crippen molar-refractivity contribution in [2.45, 2.75) is 64.4 Å². The zero-order valence-corrected chi connectivity index (χ0v) is 13.6. The van der Waals surface area contributed by atoms with Gasteiger partial charge in [-0.25, -0.2) is 0 Å². The molecule has 0 aliphatic heterocycles. The van der Waals surface area contributed by atoms with E-state index in [9.17, 15) is 9.90 Å². The van der Waals surface area contributed by atoms with Crippen LogP contribution in [0.2, 0.25) is 0 Å². The predicted molar refractivity (Wildman–Crippen MR) is 90.7 cm³/mol. The van der Waals surface area contributed by atoms with Crippen LogP contribution < -0.4 is 0 Å². The molecule has 22 heavy (non-hydrogen) atoms. The van der Waals surface area contributed by atoms with E-state index >= 15 is 0 Å². The van der Waals surface area contributed by atoms with E-state index < -0.39 is 6.10 Å². The van der Waals surface area contributed by atoms with Crippen LogP contribution in [-0.4, -0.2) is 17.0 Å². The molecule has 2 atom stereocenters. The third kappa shape index (κ3) is 5.76. The van der Waals surface area contributed by atoms with Gasteiger partial charge in [0.15, 0.2) is 0 Å². The van der Waals surface area contributed by atoms with Crippen molar-refractivity contribution in [2.75, 3.05) is 0 Å². The number of hydrogen-bond donors (Lipinski definition) is 1. The van der Waals surface area contributed by atoms with E-state index in [4.69, 9.17) is 0 Å². The number of unbranched alkanes of at least 4 members (excludes halogenated alkanes) is 1. The van der Waals surface area contributed by atoms with Crippen molar-refractivity contribution in [1.82, 2.24) is 0 Å². The van der Waals surface area contributed by atoms with E-state index in [1.54, 1.807) is 0 Å². The van der Waals surface area contributed by atoms with Crippen molar-refractivity contribution in [1.29, 1.82) is 0 Å². The molecule has 0 heterocycles. The molecule has 0 unspecified atom stereocenters. The Kier molecular flexibility index (Phi) is 6.85. The first-order valence-electron chi connectivity index (χ1n) is 8.56. The van der Waals surface area contributed by atoms with Crippen molar-refractivity contribution in [3.63, 3.8) is 0 Å². The van der Waals surface area contributed by atoms with Crippen molar-refractivity contribution in [3.05, 3.63) is 47.5 Å². The quantitative estimate of drug-likeness (QED) is 0.596. The van der Waals surface area contributed by atoms with Crippen LogP contribution in [0.5, 0.6) is 0 Å². The second-order valence-corrected chi connectivity index (χ2v) is 6.59. The molecule has 0 saturated heterocycles. The van der Waals surface area contributed by atoms with Crippen molar-refractivity contribution in [3.8, 4) is 0 Å². The summed E-state index contributed by atoms with van der Waals surface area (Å²) < 4.78 is 0. The largest absolute Gasteiger partial charge is 0.389 e. The Labute approximate surface area is 134 Å². The Morgan fingerprint density at radius 1 is 1.32 bits per heavy atom. The molecule has 1 aromatic rings. The molecular weight excluding hydrogens is 272 g/mol. The monoisotopic (exact) mass is 300 g/mol. The van der Waals surface area contributed by atoms with Crippen molar-refractivity contribution in [2.24, 2.45) is 5.92 Å². The molecule has 2 heteroatoms. The number of carbonyl (C=O) groups excluding carboxylic acids is 1. The van der Waals surface area contributed by atoms with Gasteiger partial charge < -0.3 is 5.11 Å². The lowest BCUT2D eigenvalue weighted by Crippen LogP contribution is -2.25. The Balaban J connectivity index is 1.69. The first-order valence-corrected chi connectivity index (χ1v) is 8.56. The molecule has 0 spiro atoms. The summed E-state index contributed by atoms with van der Waals surface area (Å²) in [4.78, 5) is 11.5. The third-order valence-electron chi connectivity index (χ3n) is 4.59. The van der Waals surface area contributed by atoms with Crippen LogP contribution in [0.3, 0.4) is 0 Å². The molecule has 1 N–H and O–H groups in total. The van der Waals surface area contributed by atoms with Crippen molar-refractivity contribution >= 4 is 5.78 Å². The molecule has 0 radical (unpaired) electrons. The molecule has 0 bridgehead atoms. The zero-order valence-electron chi connectivity index (χ0n) is 13.6. The van der Waals surface area contributed by atoms with Crippen LogP contribution in [0.4, 0.5) is 0 Å². The smallest absolute Gasteiger partial charge is 0.133 e. The molecular formula is C20H28O2. The number of aliphatic hydroxyl groups is 1. The van der Waals surface area contributed by atoms with E-state index in [1.165, 1.54) is 17.6 Å². The molecule has 1 aliphatic carbocycles. The van der Waals surface area contributed by atoms with Gasteiger partial charge in [0.1, 0.15) is 5.78 Å². The minimum absolute atomic E-state index is 0.139. The molecule has 1 saturated carbocycles. The lowest BCUT2D eigenvalue weighted by molar-refractivity contribution is -0.122. The van der Waals surface area contributed by atoms with E-state index in [-0.39, 0.29) is 5.92 Å². The Morgan fingerprint density at radius 3 is 2.82 bits per heavy atom. The van der Waals surface area contributed by atoms with Gasteiger partial charge >= 0.3 is 0 Å².